The molecule has 1 heterocycles. The number of aliphatic hydroxyl groups excluding tert-OH is 2. The Kier molecular flexibility index (Phi) is 7.95. The lowest BCUT2D eigenvalue weighted by Gasteiger charge is -2.20. The van der Waals surface area contributed by atoms with Gasteiger partial charge in [-0.05, 0) is 48.3 Å². The topological polar surface area (TPSA) is 105 Å². The van der Waals surface area contributed by atoms with E-state index < -0.39 is 12.0 Å². The van der Waals surface area contributed by atoms with Crippen molar-refractivity contribution in [1.82, 2.24) is 0 Å². The number of hydrogen-bond donors (Lipinski definition) is 3. The largest absolute Gasteiger partial charge is 0.516 e. The summed E-state index contributed by atoms with van der Waals surface area (Å²) >= 11 is 0. The van der Waals surface area contributed by atoms with Gasteiger partial charge in [0.15, 0.2) is 11.5 Å². The van der Waals surface area contributed by atoms with Gasteiger partial charge in [0.2, 0.25) is 0 Å². The summed E-state index contributed by atoms with van der Waals surface area (Å²) in [5.74, 6) is -0.530. The van der Waals surface area contributed by atoms with E-state index in [1.807, 2.05) is 0 Å². The van der Waals surface area contributed by atoms with Crippen molar-refractivity contribution in [3.63, 3.8) is 0 Å². The minimum absolute atomic E-state index is 0.0314. The van der Waals surface area contributed by atoms with Crippen LogP contribution in [0.4, 0.5) is 0 Å². The molecule has 152 valence electrons. The van der Waals surface area contributed by atoms with Crippen LogP contribution in [0, 0.1) is 11.8 Å². The Morgan fingerprint density at radius 1 is 1.39 bits per heavy atom. The SMILES string of the molecule is CO/C=C/C(=C\C=C\O)C(O)CC1COC(=O)C1Cc1ccc(O)c(OC)c1. The standard InChI is InChI=1S/C21H26O7/c1-26-9-7-15(4-3-8-22)19(24)12-16-13-28-21(25)17(16)10-14-5-6-18(23)20(11-14)27-2/h3-9,11,16-17,19,22-24H,10,12-13H2,1-2H3/b8-3+,9-7+,15-4+. The van der Waals surface area contributed by atoms with Crippen LogP contribution >= 0.6 is 0 Å². The molecule has 3 N–H and O–H groups in total. The van der Waals surface area contributed by atoms with Crippen LogP contribution in [0.2, 0.25) is 0 Å². The molecule has 7 nitrogen and oxygen atoms in total. The first kappa shape index (κ1) is 21.4. The molecule has 1 fully saturated rings. The van der Waals surface area contributed by atoms with Crippen molar-refractivity contribution in [3.05, 3.63) is 60.1 Å². The first-order chi connectivity index (χ1) is 13.5. The van der Waals surface area contributed by atoms with E-state index in [1.165, 1.54) is 32.6 Å². The van der Waals surface area contributed by atoms with Crippen molar-refractivity contribution in [2.45, 2.75) is 18.9 Å². The molecule has 1 aliphatic heterocycles. The monoisotopic (exact) mass is 390 g/mol. The maximum Gasteiger partial charge on any atom is 0.309 e. The Hall–Kier alpha value is -2.93. The molecule has 0 spiro atoms. The summed E-state index contributed by atoms with van der Waals surface area (Å²) in [6.07, 6.45) is 6.72. The number of phenols is 1. The molecule has 1 aliphatic rings. The van der Waals surface area contributed by atoms with Crippen LogP contribution in [0.1, 0.15) is 12.0 Å². The first-order valence-electron chi connectivity index (χ1n) is 8.91. The number of ether oxygens (including phenoxy) is 3. The van der Waals surface area contributed by atoms with Gasteiger partial charge >= 0.3 is 5.97 Å². The van der Waals surface area contributed by atoms with Gasteiger partial charge in [-0.1, -0.05) is 12.1 Å². The smallest absolute Gasteiger partial charge is 0.309 e. The molecule has 28 heavy (non-hydrogen) atoms. The fourth-order valence-electron chi connectivity index (χ4n) is 3.19. The van der Waals surface area contributed by atoms with Crippen LogP contribution in [-0.2, 0) is 20.7 Å². The van der Waals surface area contributed by atoms with Gasteiger partial charge in [-0.3, -0.25) is 4.79 Å². The molecular weight excluding hydrogens is 364 g/mol. The van der Waals surface area contributed by atoms with Crippen molar-refractivity contribution in [2.24, 2.45) is 11.8 Å². The number of aliphatic hydroxyl groups is 2. The summed E-state index contributed by atoms with van der Waals surface area (Å²) in [6.45, 7) is 0.229. The van der Waals surface area contributed by atoms with Crippen LogP contribution < -0.4 is 4.74 Å². The molecule has 0 radical (unpaired) electrons. The lowest BCUT2D eigenvalue weighted by molar-refractivity contribution is -0.141. The van der Waals surface area contributed by atoms with Gasteiger partial charge in [-0.15, -0.1) is 0 Å². The zero-order chi connectivity index (χ0) is 20.5. The predicted octanol–water partition coefficient (Wildman–Crippen LogP) is 2.64. The van der Waals surface area contributed by atoms with E-state index in [0.29, 0.717) is 24.2 Å². The lowest BCUT2D eigenvalue weighted by atomic mass is 9.84. The first-order valence-corrected chi connectivity index (χ1v) is 8.91. The zero-order valence-corrected chi connectivity index (χ0v) is 15.9. The maximum absolute atomic E-state index is 12.2. The summed E-state index contributed by atoms with van der Waals surface area (Å²) < 4.78 is 15.2. The van der Waals surface area contributed by atoms with Gasteiger partial charge < -0.3 is 29.5 Å². The number of rotatable bonds is 9. The highest BCUT2D eigenvalue weighted by atomic mass is 16.5. The fourth-order valence-corrected chi connectivity index (χ4v) is 3.19. The molecule has 3 unspecified atom stereocenters. The van der Waals surface area contributed by atoms with Gasteiger partial charge in [0.1, 0.15) is 0 Å². The molecule has 2 rings (SSSR count). The summed E-state index contributed by atoms with van der Waals surface area (Å²) in [7, 11) is 2.96. The number of esters is 1. The number of methoxy groups -OCH3 is 2. The van der Waals surface area contributed by atoms with E-state index in [1.54, 1.807) is 24.3 Å². The molecule has 0 amide bonds. The summed E-state index contributed by atoms with van der Waals surface area (Å²) in [5, 5.41) is 29.2. The highest BCUT2D eigenvalue weighted by molar-refractivity contribution is 5.75. The van der Waals surface area contributed by atoms with E-state index >= 15 is 0 Å². The van der Waals surface area contributed by atoms with Crippen molar-refractivity contribution < 1.29 is 34.3 Å². The number of benzene rings is 1. The molecular formula is C21H26O7. The molecule has 7 heteroatoms. The highest BCUT2D eigenvalue weighted by Crippen LogP contribution is 2.33. The predicted molar refractivity (Wildman–Crippen MR) is 103 cm³/mol. The maximum atomic E-state index is 12.2. The van der Waals surface area contributed by atoms with Crippen LogP contribution in [0.5, 0.6) is 11.5 Å². The van der Waals surface area contributed by atoms with Crippen LogP contribution in [-0.4, -0.2) is 48.2 Å². The number of hydrogen-bond acceptors (Lipinski definition) is 7. The van der Waals surface area contributed by atoms with Crippen molar-refractivity contribution in [3.8, 4) is 11.5 Å². The molecule has 0 aliphatic carbocycles. The Morgan fingerprint density at radius 2 is 2.18 bits per heavy atom. The van der Waals surface area contributed by atoms with Gasteiger partial charge in [-0.25, -0.2) is 0 Å². The quantitative estimate of drug-likeness (QED) is 0.338. The normalized spacial score (nSPS) is 21.2. The fraction of sp³-hybridized carbons (Fsp3) is 0.381. The highest BCUT2D eigenvalue weighted by Gasteiger charge is 2.38. The second-order valence-electron chi connectivity index (χ2n) is 6.51. The van der Waals surface area contributed by atoms with Gasteiger partial charge in [-0.2, -0.15) is 0 Å². The average molecular weight is 390 g/mol. The molecule has 1 aromatic rings. The number of cyclic esters (lactones) is 1. The second-order valence-corrected chi connectivity index (χ2v) is 6.51. The van der Waals surface area contributed by atoms with Gasteiger partial charge in [0.05, 0.1) is 45.4 Å². The second kappa shape index (κ2) is 10.4. The van der Waals surface area contributed by atoms with Gasteiger partial charge in [0, 0.05) is 5.92 Å². The molecule has 3 atom stereocenters. The Balaban J connectivity index is 2.13. The summed E-state index contributed by atoms with van der Waals surface area (Å²) in [6, 6.07) is 4.94. The van der Waals surface area contributed by atoms with Crippen LogP contribution in [0.3, 0.4) is 0 Å². The molecule has 1 aromatic carbocycles. The molecule has 0 saturated carbocycles. The lowest BCUT2D eigenvalue weighted by Crippen LogP contribution is -2.24. The summed E-state index contributed by atoms with van der Waals surface area (Å²) in [4.78, 5) is 12.2. The number of carbonyl (C=O) groups excluding carboxylic acids is 1. The zero-order valence-electron chi connectivity index (χ0n) is 15.9. The third-order valence-corrected chi connectivity index (χ3v) is 4.69. The minimum atomic E-state index is -0.862. The average Bonchev–Trinajstić information content (AvgIpc) is 3.02. The van der Waals surface area contributed by atoms with E-state index in [0.717, 1.165) is 11.8 Å². The van der Waals surface area contributed by atoms with E-state index in [2.05, 4.69) is 0 Å². The number of aromatic hydroxyl groups is 1. The number of phenolic OH excluding ortho intramolecular Hbond substituents is 1. The van der Waals surface area contributed by atoms with Crippen LogP contribution in [0.25, 0.3) is 0 Å². The Labute approximate surface area is 164 Å². The van der Waals surface area contributed by atoms with Crippen LogP contribution in [0.15, 0.2) is 54.5 Å². The van der Waals surface area contributed by atoms with E-state index in [-0.39, 0.29) is 24.2 Å². The van der Waals surface area contributed by atoms with E-state index in [4.69, 9.17) is 19.3 Å². The minimum Gasteiger partial charge on any atom is -0.516 e. The molecule has 0 aromatic heterocycles. The molecule has 1 saturated heterocycles. The van der Waals surface area contributed by atoms with Gasteiger partial charge in [0.25, 0.3) is 0 Å². The van der Waals surface area contributed by atoms with Crippen molar-refractivity contribution in [1.29, 1.82) is 0 Å². The van der Waals surface area contributed by atoms with Crippen molar-refractivity contribution in [2.75, 3.05) is 20.8 Å². The number of allylic oxidation sites excluding steroid dienone is 2. The number of carbonyl (C=O) groups is 1. The third kappa shape index (κ3) is 5.53. The van der Waals surface area contributed by atoms with E-state index in [9.17, 15) is 15.0 Å². The Bertz CT molecular complexity index is 751. The molecule has 0 bridgehead atoms. The third-order valence-electron chi connectivity index (χ3n) is 4.69. The Morgan fingerprint density at radius 3 is 2.86 bits per heavy atom. The van der Waals surface area contributed by atoms with Crippen molar-refractivity contribution >= 4 is 5.97 Å². The summed E-state index contributed by atoms with van der Waals surface area (Å²) in [5.41, 5.74) is 1.37.